The number of benzene rings is 2. The molecule has 0 atom stereocenters. The van der Waals surface area contributed by atoms with Crippen molar-refractivity contribution in [2.75, 3.05) is 17.7 Å². The Morgan fingerprint density at radius 1 is 1.20 bits per heavy atom. The normalized spacial score (nSPS) is 10.2. The Balaban J connectivity index is 2.45. The van der Waals surface area contributed by atoms with Crippen LogP contribution in [0, 0.1) is 15.9 Å². The van der Waals surface area contributed by atoms with Crippen LogP contribution in [0.4, 0.5) is 27.1 Å². The minimum absolute atomic E-state index is 0.0637. The van der Waals surface area contributed by atoms with Crippen molar-refractivity contribution < 1.29 is 9.31 Å². The SMILES string of the molecule is CNc1cccc(Nc2ccc(F)cc2Br)c1[N+](=O)[O-]. The fourth-order valence-electron chi connectivity index (χ4n) is 1.78. The largest absolute Gasteiger partial charge is 0.382 e. The van der Waals surface area contributed by atoms with Crippen molar-refractivity contribution >= 4 is 38.7 Å². The number of hydrogen-bond donors (Lipinski definition) is 2. The third kappa shape index (κ3) is 2.88. The second kappa shape index (κ2) is 5.87. The fraction of sp³-hybridized carbons (Fsp3) is 0.0769. The summed E-state index contributed by atoms with van der Waals surface area (Å²) in [5, 5.41) is 16.9. The average Bonchev–Trinajstić information content (AvgIpc) is 2.41. The summed E-state index contributed by atoms with van der Waals surface area (Å²) >= 11 is 3.21. The van der Waals surface area contributed by atoms with E-state index in [4.69, 9.17) is 0 Å². The van der Waals surface area contributed by atoms with Gasteiger partial charge in [0.2, 0.25) is 0 Å². The van der Waals surface area contributed by atoms with Crippen LogP contribution in [0.1, 0.15) is 0 Å². The highest BCUT2D eigenvalue weighted by Crippen LogP contribution is 2.36. The number of rotatable bonds is 4. The molecule has 20 heavy (non-hydrogen) atoms. The van der Waals surface area contributed by atoms with E-state index in [1.54, 1.807) is 25.2 Å². The van der Waals surface area contributed by atoms with Gasteiger partial charge in [-0.05, 0) is 46.3 Å². The number of nitrogens with zero attached hydrogens (tertiary/aromatic N) is 1. The molecule has 0 saturated carbocycles. The summed E-state index contributed by atoms with van der Waals surface area (Å²) in [6.45, 7) is 0. The van der Waals surface area contributed by atoms with Gasteiger partial charge in [0.1, 0.15) is 17.2 Å². The number of anilines is 3. The van der Waals surface area contributed by atoms with E-state index in [0.717, 1.165) is 0 Å². The van der Waals surface area contributed by atoms with E-state index in [2.05, 4.69) is 26.6 Å². The average molecular weight is 340 g/mol. The van der Waals surface area contributed by atoms with E-state index in [1.165, 1.54) is 18.2 Å². The van der Waals surface area contributed by atoms with Crippen LogP contribution in [0.15, 0.2) is 40.9 Å². The maximum absolute atomic E-state index is 13.0. The molecule has 0 fully saturated rings. The molecule has 2 N–H and O–H groups in total. The van der Waals surface area contributed by atoms with Crippen molar-refractivity contribution in [2.45, 2.75) is 0 Å². The Labute approximate surface area is 123 Å². The van der Waals surface area contributed by atoms with Crippen LogP contribution >= 0.6 is 15.9 Å². The molecule has 0 amide bonds. The summed E-state index contributed by atoms with van der Waals surface area (Å²) in [6.07, 6.45) is 0. The molecule has 2 aromatic rings. The summed E-state index contributed by atoms with van der Waals surface area (Å²) in [7, 11) is 1.61. The number of halogens is 2. The number of nitro benzene ring substituents is 1. The Morgan fingerprint density at radius 3 is 2.50 bits per heavy atom. The zero-order chi connectivity index (χ0) is 14.7. The summed E-state index contributed by atoms with van der Waals surface area (Å²) in [5.41, 5.74) is 1.21. The van der Waals surface area contributed by atoms with Gasteiger partial charge in [-0.1, -0.05) is 6.07 Å². The lowest BCUT2D eigenvalue weighted by atomic mass is 10.2. The predicted molar refractivity (Wildman–Crippen MR) is 80.0 cm³/mol. The van der Waals surface area contributed by atoms with Gasteiger partial charge in [0.15, 0.2) is 0 Å². The Kier molecular flexibility index (Phi) is 4.19. The van der Waals surface area contributed by atoms with E-state index in [0.29, 0.717) is 21.5 Å². The molecule has 0 heterocycles. The van der Waals surface area contributed by atoms with E-state index >= 15 is 0 Å². The maximum Gasteiger partial charge on any atom is 0.315 e. The fourth-order valence-corrected chi connectivity index (χ4v) is 2.23. The Morgan fingerprint density at radius 2 is 1.90 bits per heavy atom. The predicted octanol–water partition coefficient (Wildman–Crippen LogP) is 4.28. The molecular formula is C13H11BrFN3O2. The van der Waals surface area contributed by atoms with Crippen LogP contribution in [0.3, 0.4) is 0 Å². The van der Waals surface area contributed by atoms with E-state index in [1.807, 2.05) is 0 Å². The molecule has 0 aliphatic carbocycles. The second-order valence-corrected chi connectivity index (χ2v) is 4.81. The first kappa shape index (κ1) is 14.3. The smallest absolute Gasteiger partial charge is 0.315 e. The van der Waals surface area contributed by atoms with Gasteiger partial charge in [-0.25, -0.2) is 4.39 Å². The number of nitro groups is 1. The molecule has 0 radical (unpaired) electrons. The zero-order valence-electron chi connectivity index (χ0n) is 10.5. The lowest BCUT2D eigenvalue weighted by molar-refractivity contribution is -0.383. The molecule has 0 bridgehead atoms. The van der Waals surface area contributed by atoms with Crippen molar-refractivity contribution in [1.82, 2.24) is 0 Å². The van der Waals surface area contributed by atoms with Crippen molar-refractivity contribution in [2.24, 2.45) is 0 Å². The van der Waals surface area contributed by atoms with Gasteiger partial charge in [-0.2, -0.15) is 0 Å². The molecule has 0 unspecified atom stereocenters. The molecule has 7 heteroatoms. The van der Waals surface area contributed by atoms with E-state index in [-0.39, 0.29) is 11.5 Å². The number of nitrogens with one attached hydrogen (secondary N) is 2. The monoisotopic (exact) mass is 339 g/mol. The molecule has 0 spiro atoms. The van der Waals surface area contributed by atoms with Crippen LogP contribution in [-0.2, 0) is 0 Å². The van der Waals surface area contributed by atoms with Gasteiger partial charge in [0, 0.05) is 11.5 Å². The maximum atomic E-state index is 13.0. The highest BCUT2D eigenvalue weighted by atomic mass is 79.9. The molecule has 2 aromatic carbocycles. The minimum atomic E-state index is -0.467. The van der Waals surface area contributed by atoms with Crippen LogP contribution in [-0.4, -0.2) is 12.0 Å². The first-order chi connectivity index (χ1) is 9.52. The number of para-hydroxylation sites is 1. The minimum Gasteiger partial charge on any atom is -0.382 e. The second-order valence-electron chi connectivity index (χ2n) is 3.96. The quantitative estimate of drug-likeness (QED) is 0.644. The van der Waals surface area contributed by atoms with Gasteiger partial charge in [0.05, 0.1) is 10.6 Å². The third-order valence-electron chi connectivity index (χ3n) is 2.69. The first-order valence-electron chi connectivity index (χ1n) is 5.70. The van der Waals surface area contributed by atoms with Gasteiger partial charge in [-0.15, -0.1) is 0 Å². The third-order valence-corrected chi connectivity index (χ3v) is 3.34. The molecule has 0 saturated heterocycles. The van der Waals surface area contributed by atoms with Gasteiger partial charge < -0.3 is 10.6 Å². The van der Waals surface area contributed by atoms with Gasteiger partial charge in [0.25, 0.3) is 0 Å². The standard InChI is InChI=1S/C13H11BrFN3O2/c1-16-11-3-2-4-12(13(11)18(19)20)17-10-6-5-8(15)7-9(10)14/h2-7,16-17H,1H3. The lowest BCUT2D eigenvalue weighted by Gasteiger charge is -2.11. The molecule has 2 rings (SSSR count). The van der Waals surface area contributed by atoms with Gasteiger partial charge in [-0.3, -0.25) is 10.1 Å². The molecular weight excluding hydrogens is 329 g/mol. The summed E-state index contributed by atoms with van der Waals surface area (Å²) in [6, 6.07) is 8.97. The Bertz CT molecular complexity index is 664. The molecule has 0 aliphatic rings. The highest BCUT2D eigenvalue weighted by molar-refractivity contribution is 9.10. The van der Waals surface area contributed by atoms with E-state index in [9.17, 15) is 14.5 Å². The molecule has 0 aromatic heterocycles. The molecule has 0 aliphatic heterocycles. The van der Waals surface area contributed by atoms with Gasteiger partial charge >= 0.3 is 5.69 Å². The molecule has 104 valence electrons. The lowest BCUT2D eigenvalue weighted by Crippen LogP contribution is -2.01. The zero-order valence-corrected chi connectivity index (χ0v) is 12.1. The topological polar surface area (TPSA) is 67.2 Å². The summed E-state index contributed by atoms with van der Waals surface area (Å²) in [5.74, 6) is -0.388. The van der Waals surface area contributed by atoms with Crippen LogP contribution in [0.25, 0.3) is 0 Å². The molecule has 5 nitrogen and oxygen atoms in total. The highest BCUT2D eigenvalue weighted by Gasteiger charge is 2.19. The number of hydrogen-bond acceptors (Lipinski definition) is 4. The summed E-state index contributed by atoms with van der Waals surface area (Å²) < 4.78 is 13.5. The Hall–Kier alpha value is -2.15. The van der Waals surface area contributed by atoms with Crippen molar-refractivity contribution in [3.8, 4) is 0 Å². The first-order valence-corrected chi connectivity index (χ1v) is 6.49. The van der Waals surface area contributed by atoms with E-state index < -0.39 is 4.92 Å². The van der Waals surface area contributed by atoms with Crippen molar-refractivity contribution in [3.63, 3.8) is 0 Å². The van der Waals surface area contributed by atoms with Crippen LogP contribution in [0.5, 0.6) is 0 Å². The van der Waals surface area contributed by atoms with Crippen LogP contribution < -0.4 is 10.6 Å². The van der Waals surface area contributed by atoms with Crippen molar-refractivity contribution in [1.29, 1.82) is 0 Å². The van der Waals surface area contributed by atoms with Crippen LogP contribution in [0.2, 0.25) is 0 Å². The summed E-state index contributed by atoms with van der Waals surface area (Å²) in [4.78, 5) is 10.7. The van der Waals surface area contributed by atoms with Crippen molar-refractivity contribution in [3.05, 3.63) is 56.8 Å².